The fourth-order valence-electron chi connectivity index (χ4n) is 10.4. The molecule has 8 aromatic rings. The third-order valence-electron chi connectivity index (χ3n) is 13.9. The van der Waals surface area contributed by atoms with Crippen LogP contribution in [-0.4, -0.2) is 126 Å². The molecule has 0 aliphatic carbocycles. The smallest absolute Gasteiger partial charge is 0.305 e. The Labute approximate surface area is 515 Å². The zero-order valence-corrected chi connectivity index (χ0v) is 49.2. The van der Waals surface area contributed by atoms with E-state index < -0.39 is 49.2 Å². The van der Waals surface area contributed by atoms with Gasteiger partial charge in [-0.15, -0.1) is 0 Å². The molecule has 0 saturated heterocycles. The Balaban J connectivity index is 0.000000352. The van der Waals surface area contributed by atoms with Crippen LogP contribution in [0, 0.1) is 11.6 Å². The average molecular weight is 1160 g/mol. The molecule has 4 atom stereocenters. The summed E-state index contributed by atoms with van der Waals surface area (Å²) in [7, 11) is 0. The molecule has 17 heteroatoms. The summed E-state index contributed by atoms with van der Waals surface area (Å²) in [5.41, 5.74) is 9.55. The maximum absolute atomic E-state index is 14.0. The monoisotopic (exact) mass is 1160 g/mol. The fourth-order valence-corrected chi connectivity index (χ4v) is 10.4. The summed E-state index contributed by atoms with van der Waals surface area (Å²) >= 11 is 0. The minimum absolute atomic E-state index is 0. The Kier molecular flexibility index (Phi) is 24.1. The number of hydrogen-bond acceptors (Lipinski definition) is 8. The van der Waals surface area contributed by atoms with Crippen molar-refractivity contribution in [2.24, 2.45) is 0 Å². The quantitative estimate of drug-likeness (QED) is 0.0267. The number of aliphatic hydroxyl groups excluding tert-OH is 4. The molecule has 2 aromatic heterocycles. The molecule has 0 bridgehead atoms. The van der Waals surface area contributed by atoms with Gasteiger partial charge in [0.2, 0.25) is 0 Å². The molecule has 0 unspecified atom stereocenters. The molecule has 434 valence electrons. The number of carboxylic acids is 2. The Bertz CT molecular complexity index is 3180. The van der Waals surface area contributed by atoms with Gasteiger partial charge in [0, 0.05) is 87.6 Å². The zero-order chi connectivity index (χ0) is 59.0. The first-order valence-corrected chi connectivity index (χ1v) is 27.3. The summed E-state index contributed by atoms with van der Waals surface area (Å²) in [4.78, 5) is 50.0. The van der Waals surface area contributed by atoms with E-state index in [-0.39, 0.29) is 115 Å². The Morgan fingerprint density at radius 2 is 0.747 bits per heavy atom. The first kappa shape index (κ1) is 64.9. The predicted molar refractivity (Wildman–Crippen MR) is 324 cm³/mol. The van der Waals surface area contributed by atoms with E-state index in [0.29, 0.717) is 56.1 Å². The molecule has 83 heavy (non-hydrogen) atoms. The van der Waals surface area contributed by atoms with Crippen LogP contribution in [0.15, 0.2) is 170 Å². The number of benzene rings is 6. The predicted octanol–water partition coefficient (Wildman–Crippen LogP) is 12.7. The van der Waals surface area contributed by atoms with Gasteiger partial charge in [-0.3, -0.25) is 19.2 Å². The first-order chi connectivity index (χ1) is 39.3. The Morgan fingerprint density at radius 1 is 0.446 bits per heavy atom. The van der Waals surface area contributed by atoms with E-state index in [2.05, 4.69) is 10.6 Å². The molecule has 0 aliphatic rings. The van der Waals surface area contributed by atoms with Crippen molar-refractivity contribution in [2.75, 3.05) is 10.6 Å². The number of amides is 2. The number of hydrogen-bond donors (Lipinski definition) is 8. The van der Waals surface area contributed by atoms with E-state index in [4.69, 9.17) is 10.2 Å². The number of nitrogens with zero attached hydrogens (tertiary/aromatic N) is 2. The number of anilines is 2. The Morgan fingerprint density at radius 3 is 1.04 bits per heavy atom. The number of halogens is 2. The number of nitrogens with one attached hydrogen (secondary N) is 2. The molecule has 2 radical (unpaired) electrons. The second kappa shape index (κ2) is 30.9. The maximum atomic E-state index is 14.0. The number of aliphatic carboxylic acids is 2. The van der Waals surface area contributed by atoms with E-state index in [9.17, 15) is 48.4 Å². The standard InChI is InChI=1S/2C33H35FN2O5.Ca.2H2/c2*1-21(2)31-30(33(41)35-25-11-7-4-8-12-25)29(22-9-5-3-6-10-22)32(23-13-15-24(34)16-14-23)36(31)18-17-26(37)19-27(38)20-28(39)40;;;/h2*3-16,21,26-27,37-38H,17-20H2,1-2H3,(H,35,41)(H,39,40);;2*1H/t2*26-,27-;;;/m11.../s1. The number of rotatable bonds is 24. The number of carbonyl (C=O) groups excluding carboxylic acids is 2. The van der Waals surface area contributed by atoms with Crippen molar-refractivity contribution >= 4 is 72.9 Å². The molecular weight excluding hydrogens is 1090 g/mol. The normalized spacial score (nSPS) is 12.6. The first-order valence-electron chi connectivity index (χ1n) is 27.3. The van der Waals surface area contributed by atoms with Crippen LogP contribution in [-0.2, 0) is 22.7 Å². The minimum atomic E-state index is -1.18. The summed E-state index contributed by atoms with van der Waals surface area (Å²) in [6.07, 6.45) is -5.01. The SMILES string of the molecule is CC(C)c1c(C(=O)Nc2ccccc2)c(-c2ccccc2)c(-c2ccc(F)cc2)n1CC[C@@H](O)C[C@@H](O)CC(=O)O.CC(C)c1c(C(=O)Nc2ccccc2)c(-c2ccccc2)c(-c2ccc(F)cc2)n1CC[C@@H](O)C[C@@H](O)CC(=O)O.[Ca].[HH].[HH]. The topological polar surface area (TPSA) is 224 Å². The van der Waals surface area contributed by atoms with E-state index >= 15 is 0 Å². The van der Waals surface area contributed by atoms with Crippen molar-refractivity contribution in [3.63, 3.8) is 0 Å². The van der Waals surface area contributed by atoms with Crippen molar-refractivity contribution in [1.29, 1.82) is 0 Å². The molecule has 0 spiro atoms. The van der Waals surface area contributed by atoms with Crippen molar-refractivity contribution in [1.82, 2.24) is 9.13 Å². The average Bonchev–Trinajstić information content (AvgIpc) is 2.07. The van der Waals surface area contributed by atoms with Crippen LogP contribution in [0.3, 0.4) is 0 Å². The van der Waals surface area contributed by atoms with Crippen molar-refractivity contribution in [3.05, 3.63) is 204 Å². The van der Waals surface area contributed by atoms with Gasteiger partial charge in [0.25, 0.3) is 11.8 Å². The van der Waals surface area contributed by atoms with Crippen LogP contribution in [0.1, 0.15) is 113 Å². The van der Waals surface area contributed by atoms with Crippen LogP contribution >= 0.6 is 0 Å². The third-order valence-corrected chi connectivity index (χ3v) is 13.9. The molecule has 8 N–H and O–H groups in total. The summed E-state index contributed by atoms with van der Waals surface area (Å²) in [5.74, 6) is -3.87. The molecule has 0 fully saturated rings. The summed E-state index contributed by atoms with van der Waals surface area (Å²) < 4.78 is 32.0. The second-order valence-corrected chi connectivity index (χ2v) is 20.8. The molecular formula is C66H74CaF2N4O10. The molecule has 0 saturated carbocycles. The second-order valence-electron chi connectivity index (χ2n) is 20.8. The number of aromatic nitrogens is 2. The number of aliphatic hydroxyl groups is 4. The largest absolute Gasteiger partial charge is 0.481 e. The maximum Gasteiger partial charge on any atom is 0.305 e. The molecule has 0 aliphatic heterocycles. The Hall–Kier alpha value is -7.28. The summed E-state index contributed by atoms with van der Waals surface area (Å²) in [5, 5.41) is 65.6. The van der Waals surface area contributed by atoms with Gasteiger partial charge in [0.1, 0.15) is 11.6 Å². The molecule has 2 amide bonds. The molecule has 14 nitrogen and oxygen atoms in total. The van der Waals surface area contributed by atoms with E-state index in [1.165, 1.54) is 24.3 Å². The van der Waals surface area contributed by atoms with Crippen LogP contribution in [0.25, 0.3) is 44.8 Å². The van der Waals surface area contributed by atoms with Crippen LogP contribution in [0.4, 0.5) is 20.2 Å². The molecule has 6 aromatic carbocycles. The number of carbonyl (C=O) groups is 4. The van der Waals surface area contributed by atoms with E-state index in [0.717, 1.165) is 22.5 Å². The number of carboxylic acid groups (broad SMARTS) is 2. The minimum Gasteiger partial charge on any atom is -0.481 e. The van der Waals surface area contributed by atoms with Gasteiger partial charge >= 0.3 is 11.9 Å². The number of para-hydroxylation sites is 2. The van der Waals surface area contributed by atoms with Crippen LogP contribution in [0.2, 0.25) is 0 Å². The van der Waals surface area contributed by atoms with E-state index in [1.54, 1.807) is 24.3 Å². The van der Waals surface area contributed by atoms with Gasteiger partial charge in [-0.2, -0.15) is 0 Å². The molecule has 8 rings (SSSR count). The van der Waals surface area contributed by atoms with Crippen molar-refractivity contribution < 1.29 is 61.5 Å². The molecule has 2 heterocycles. The van der Waals surface area contributed by atoms with Gasteiger partial charge in [-0.25, -0.2) is 8.78 Å². The van der Waals surface area contributed by atoms with Crippen molar-refractivity contribution in [3.8, 4) is 44.8 Å². The van der Waals surface area contributed by atoms with Gasteiger partial charge < -0.3 is 50.4 Å². The summed E-state index contributed by atoms with van der Waals surface area (Å²) in [6.45, 7) is 8.50. The zero-order valence-electron chi connectivity index (χ0n) is 47.0. The van der Waals surface area contributed by atoms with Gasteiger partial charge in [0.05, 0.1) is 59.8 Å². The van der Waals surface area contributed by atoms with E-state index in [1.807, 2.05) is 158 Å². The van der Waals surface area contributed by atoms with Crippen LogP contribution < -0.4 is 10.6 Å². The van der Waals surface area contributed by atoms with Gasteiger partial charge in [-0.05, 0) is 133 Å². The van der Waals surface area contributed by atoms with Crippen molar-refractivity contribution in [2.45, 2.75) is 116 Å². The summed E-state index contributed by atoms with van der Waals surface area (Å²) in [6, 6.07) is 49.6. The van der Waals surface area contributed by atoms with Gasteiger partial charge in [-0.1, -0.05) is 125 Å². The van der Waals surface area contributed by atoms with Gasteiger partial charge in [0.15, 0.2) is 0 Å². The third kappa shape index (κ3) is 17.4. The fraction of sp³-hybridized carbons (Fsp3) is 0.273. The van der Waals surface area contributed by atoms with Crippen LogP contribution in [0.5, 0.6) is 0 Å².